The van der Waals surface area contributed by atoms with E-state index in [-0.39, 0.29) is 11.2 Å². The molecule has 1 unspecified atom stereocenters. The molecule has 0 aromatic carbocycles. The summed E-state index contributed by atoms with van der Waals surface area (Å²) >= 11 is 0.448. The number of aliphatic hydroxyl groups is 1. The lowest BCUT2D eigenvalue weighted by atomic mass is 9.87. The van der Waals surface area contributed by atoms with Gasteiger partial charge in [-0.3, -0.25) is 4.79 Å². The minimum atomic E-state index is -4.62. The number of carbonyl (C=O) groups excluding carboxylic acids is 1. The van der Waals surface area contributed by atoms with Gasteiger partial charge >= 0.3 is 6.18 Å². The zero-order valence-electron chi connectivity index (χ0n) is 12.7. The van der Waals surface area contributed by atoms with Gasteiger partial charge in [-0.2, -0.15) is 18.2 Å². The molecule has 1 heterocycles. The van der Waals surface area contributed by atoms with E-state index >= 15 is 0 Å². The highest BCUT2D eigenvalue weighted by Crippen LogP contribution is 2.46. The molecular weight excluding hydrogens is 317 g/mol. The van der Waals surface area contributed by atoms with Crippen LogP contribution in [0.25, 0.3) is 0 Å². The summed E-state index contributed by atoms with van der Waals surface area (Å²) in [4.78, 5) is 15.1. The summed E-state index contributed by atoms with van der Waals surface area (Å²) in [6.45, 7) is 2.68. The number of aliphatic imine (C=N–C) groups is 1. The molecule has 1 fully saturated rings. The van der Waals surface area contributed by atoms with Crippen LogP contribution in [-0.4, -0.2) is 38.7 Å². The Bertz CT molecular complexity index is 467. The number of hydrogen-bond acceptors (Lipinski definition) is 4. The van der Waals surface area contributed by atoms with Gasteiger partial charge in [0.1, 0.15) is 0 Å². The van der Waals surface area contributed by atoms with Crippen LogP contribution in [0, 0.1) is 0 Å². The van der Waals surface area contributed by atoms with Gasteiger partial charge < -0.3 is 10.4 Å². The smallest absolute Gasteiger partial charge is 0.390 e. The van der Waals surface area contributed by atoms with Crippen LogP contribution in [0.15, 0.2) is 4.99 Å². The Balaban J connectivity index is 1.95. The molecule has 1 atom stereocenters. The quantitative estimate of drug-likeness (QED) is 0.772. The summed E-state index contributed by atoms with van der Waals surface area (Å²) < 4.78 is 36.5. The molecule has 22 heavy (non-hydrogen) atoms. The number of amidine groups is 1. The van der Waals surface area contributed by atoms with E-state index in [1.54, 1.807) is 0 Å². The van der Waals surface area contributed by atoms with E-state index < -0.39 is 22.4 Å². The molecular formula is C14H21F3N2O2S. The zero-order valence-corrected chi connectivity index (χ0v) is 13.5. The fraction of sp³-hybridized carbons (Fsp3) is 0.857. The maximum Gasteiger partial charge on any atom is 0.412 e. The second-order valence-electron chi connectivity index (χ2n) is 6.48. The first-order chi connectivity index (χ1) is 10.0. The molecule has 1 aliphatic heterocycles. The highest BCUT2D eigenvalue weighted by Gasteiger charge is 2.61. The molecule has 2 aliphatic rings. The summed E-state index contributed by atoms with van der Waals surface area (Å²) in [5.41, 5.74) is -0.657. The zero-order chi connectivity index (χ0) is 16.6. The molecule has 0 aromatic heterocycles. The molecule has 0 bridgehead atoms. The monoisotopic (exact) mass is 338 g/mol. The van der Waals surface area contributed by atoms with Crippen LogP contribution in [0.4, 0.5) is 13.2 Å². The summed E-state index contributed by atoms with van der Waals surface area (Å²) in [6, 6.07) is -0.00858. The SMILES string of the molecule is CC1(O)CCCC(NC2=NC(=O)C(C)(C(F)(F)F)S2)CCC1. The Labute approximate surface area is 131 Å². The number of rotatable bonds is 1. The van der Waals surface area contributed by atoms with Gasteiger partial charge in [0.15, 0.2) is 9.91 Å². The average molecular weight is 338 g/mol. The van der Waals surface area contributed by atoms with Gasteiger partial charge in [-0.05, 0) is 52.4 Å². The van der Waals surface area contributed by atoms with Crippen LogP contribution in [0.3, 0.4) is 0 Å². The summed E-state index contributed by atoms with van der Waals surface area (Å²) in [5, 5.41) is 13.1. The minimum Gasteiger partial charge on any atom is -0.390 e. The summed E-state index contributed by atoms with van der Waals surface area (Å²) in [7, 11) is 0. The number of carbonyl (C=O) groups is 1. The normalized spacial score (nSPS) is 37.5. The number of hydrogen-bond donors (Lipinski definition) is 2. The molecule has 0 spiro atoms. The van der Waals surface area contributed by atoms with Gasteiger partial charge in [0.25, 0.3) is 5.91 Å². The molecule has 1 saturated carbocycles. The van der Waals surface area contributed by atoms with Gasteiger partial charge in [0, 0.05) is 6.04 Å². The van der Waals surface area contributed by atoms with Crippen LogP contribution in [-0.2, 0) is 4.79 Å². The van der Waals surface area contributed by atoms with Crippen LogP contribution in [0.1, 0.15) is 52.4 Å². The van der Waals surface area contributed by atoms with Crippen LogP contribution in [0.5, 0.6) is 0 Å². The number of nitrogens with zero attached hydrogens (tertiary/aromatic N) is 1. The fourth-order valence-electron chi connectivity index (χ4n) is 2.75. The molecule has 0 saturated heterocycles. The molecule has 1 amide bonds. The standard InChI is InChI=1S/C14H21F3N2O2S/c1-12(21)7-3-5-9(6-4-8-12)18-11-19-10(20)13(2,22-11)14(15,16)17/h9,21H,3-8H2,1-2H3,(H,18,19,20). The van der Waals surface area contributed by atoms with E-state index in [0.717, 1.165) is 32.6 Å². The Morgan fingerprint density at radius 1 is 1.27 bits per heavy atom. The number of halogens is 3. The first-order valence-corrected chi connectivity index (χ1v) is 8.23. The van der Waals surface area contributed by atoms with E-state index in [0.29, 0.717) is 24.6 Å². The van der Waals surface area contributed by atoms with E-state index in [2.05, 4.69) is 10.3 Å². The minimum absolute atomic E-state index is 0.00858. The van der Waals surface area contributed by atoms with Gasteiger partial charge in [-0.15, -0.1) is 0 Å². The van der Waals surface area contributed by atoms with Gasteiger partial charge in [0.05, 0.1) is 5.60 Å². The number of thioether (sulfide) groups is 1. The number of nitrogens with one attached hydrogen (secondary N) is 1. The second kappa shape index (κ2) is 6.03. The largest absolute Gasteiger partial charge is 0.412 e. The average Bonchev–Trinajstić information content (AvgIpc) is 2.62. The maximum atomic E-state index is 13.0. The van der Waals surface area contributed by atoms with Crippen molar-refractivity contribution < 1.29 is 23.1 Å². The van der Waals surface area contributed by atoms with E-state index in [1.807, 2.05) is 6.92 Å². The highest BCUT2D eigenvalue weighted by molar-refractivity contribution is 8.16. The van der Waals surface area contributed by atoms with Crippen molar-refractivity contribution in [3.8, 4) is 0 Å². The Hall–Kier alpha value is -0.760. The maximum absolute atomic E-state index is 13.0. The van der Waals surface area contributed by atoms with Gasteiger partial charge in [0.2, 0.25) is 0 Å². The third-order valence-corrected chi connectivity index (χ3v) is 5.53. The van der Waals surface area contributed by atoms with E-state index in [4.69, 9.17) is 0 Å². The predicted molar refractivity (Wildman–Crippen MR) is 79.7 cm³/mol. The first-order valence-electron chi connectivity index (χ1n) is 7.41. The van der Waals surface area contributed by atoms with Crippen molar-refractivity contribution in [2.45, 2.75) is 74.9 Å². The number of amides is 1. The lowest BCUT2D eigenvalue weighted by molar-refractivity contribution is -0.165. The molecule has 1 aliphatic carbocycles. The van der Waals surface area contributed by atoms with Gasteiger partial charge in [-0.1, -0.05) is 11.8 Å². The Kier molecular flexibility index (Phi) is 4.82. The van der Waals surface area contributed by atoms with Crippen molar-refractivity contribution in [3.63, 3.8) is 0 Å². The van der Waals surface area contributed by atoms with Gasteiger partial charge in [-0.25, -0.2) is 0 Å². The molecule has 126 valence electrons. The van der Waals surface area contributed by atoms with E-state index in [9.17, 15) is 23.1 Å². The summed E-state index contributed by atoms with van der Waals surface area (Å²) in [5.74, 6) is -1.15. The van der Waals surface area contributed by atoms with E-state index in [1.165, 1.54) is 0 Å². The second-order valence-corrected chi connectivity index (χ2v) is 7.89. The summed E-state index contributed by atoms with van der Waals surface area (Å²) in [6.07, 6.45) is -0.227. The molecule has 0 aromatic rings. The first kappa shape index (κ1) is 17.6. The third kappa shape index (κ3) is 3.76. The predicted octanol–water partition coefficient (Wildman–Crippen LogP) is 3.00. The lowest BCUT2D eigenvalue weighted by Crippen LogP contribution is -2.44. The Morgan fingerprint density at radius 3 is 2.27 bits per heavy atom. The molecule has 4 nitrogen and oxygen atoms in total. The van der Waals surface area contributed by atoms with Crippen LogP contribution >= 0.6 is 11.8 Å². The van der Waals surface area contributed by atoms with Crippen molar-refractivity contribution in [2.24, 2.45) is 4.99 Å². The van der Waals surface area contributed by atoms with Crippen molar-refractivity contribution in [1.29, 1.82) is 0 Å². The molecule has 2 N–H and O–H groups in total. The van der Waals surface area contributed by atoms with Crippen molar-refractivity contribution in [1.82, 2.24) is 5.32 Å². The van der Waals surface area contributed by atoms with Crippen molar-refractivity contribution in [3.05, 3.63) is 0 Å². The molecule has 2 rings (SSSR count). The number of alkyl halides is 3. The fourth-order valence-corrected chi connectivity index (χ4v) is 3.74. The Morgan fingerprint density at radius 2 is 1.82 bits per heavy atom. The lowest BCUT2D eigenvalue weighted by Gasteiger charge is -2.29. The molecule has 0 radical (unpaired) electrons. The van der Waals surface area contributed by atoms with Crippen LogP contribution < -0.4 is 5.32 Å². The van der Waals surface area contributed by atoms with Crippen molar-refractivity contribution in [2.75, 3.05) is 0 Å². The molecule has 8 heteroatoms. The highest BCUT2D eigenvalue weighted by atomic mass is 32.2. The topological polar surface area (TPSA) is 61.7 Å². The van der Waals surface area contributed by atoms with Crippen molar-refractivity contribution >= 4 is 22.8 Å². The third-order valence-electron chi connectivity index (χ3n) is 4.32. The van der Waals surface area contributed by atoms with Crippen LogP contribution in [0.2, 0.25) is 0 Å².